The molecule has 1 aliphatic heterocycles. The molecule has 0 aromatic heterocycles. The van der Waals surface area contributed by atoms with Gasteiger partial charge in [0.1, 0.15) is 35.3 Å². The van der Waals surface area contributed by atoms with Crippen molar-refractivity contribution in [1.29, 1.82) is 0 Å². The molecule has 0 radical (unpaired) electrons. The van der Waals surface area contributed by atoms with Crippen molar-refractivity contribution in [2.45, 2.75) is 50.6 Å². The Bertz CT molecular complexity index is 941. The van der Waals surface area contributed by atoms with Gasteiger partial charge in [-0.3, -0.25) is 0 Å². The van der Waals surface area contributed by atoms with Gasteiger partial charge in [0.2, 0.25) is 0 Å². The maximum atomic E-state index is 10.6. The largest absolute Gasteiger partial charge is 0.490 e. The van der Waals surface area contributed by atoms with E-state index < -0.39 is 18.2 Å². The number of hydrogen-bond donors (Lipinski definition) is 3. The van der Waals surface area contributed by atoms with Gasteiger partial charge in [-0.15, -0.1) is 0 Å². The van der Waals surface area contributed by atoms with Crippen molar-refractivity contribution < 1.29 is 37.7 Å². The predicted molar refractivity (Wildman–Crippen MR) is 123 cm³/mol. The minimum absolute atomic E-state index is 0.0179. The Morgan fingerprint density at radius 2 is 1.79 bits per heavy atom. The number of aliphatic carboxylic acids is 1. The third-order valence-corrected chi connectivity index (χ3v) is 5.81. The number of rotatable bonds is 7. The van der Waals surface area contributed by atoms with E-state index in [-0.39, 0.29) is 18.8 Å². The van der Waals surface area contributed by atoms with Crippen LogP contribution >= 0.6 is 23.2 Å². The molecule has 2 aromatic carbocycles. The first-order valence-electron chi connectivity index (χ1n) is 10.4. The van der Waals surface area contributed by atoms with Crippen LogP contribution in [0.15, 0.2) is 42.5 Å². The SMILES string of the molecule is CC(C)c1ccc(O[C@H]2CN[C@H](C(O)COc3cccc(Cl)c3Cl)C2)cc1.O=C(O)C(F)(F)F. The van der Waals surface area contributed by atoms with E-state index in [0.717, 1.165) is 5.75 Å². The molecule has 0 bridgehead atoms. The first-order chi connectivity index (χ1) is 15.9. The lowest BCUT2D eigenvalue weighted by molar-refractivity contribution is -0.192. The van der Waals surface area contributed by atoms with Gasteiger partial charge in [0, 0.05) is 19.0 Å². The summed E-state index contributed by atoms with van der Waals surface area (Å²) >= 11 is 12.1. The van der Waals surface area contributed by atoms with Crippen molar-refractivity contribution >= 4 is 29.2 Å². The molecule has 1 aliphatic rings. The van der Waals surface area contributed by atoms with E-state index in [9.17, 15) is 18.3 Å². The summed E-state index contributed by atoms with van der Waals surface area (Å²) in [5.41, 5.74) is 1.29. The molecule has 3 N–H and O–H groups in total. The summed E-state index contributed by atoms with van der Waals surface area (Å²) in [6.45, 7) is 5.15. The van der Waals surface area contributed by atoms with Crippen molar-refractivity contribution in [2.24, 2.45) is 0 Å². The number of hydrogen-bond acceptors (Lipinski definition) is 5. The summed E-state index contributed by atoms with van der Waals surface area (Å²) in [4.78, 5) is 8.90. The number of nitrogens with one attached hydrogen (secondary N) is 1. The van der Waals surface area contributed by atoms with Crippen LogP contribution in [0.2, 0.25) is 10.0 Å². The van der Waals surface area contributed by atoms with Crippen molar-refractivity contribution in [1.82, 2.24) is 5.32 Å². The molecule has 3 atom stereocenters. The highest BCUT2D eigenvalue weighted by molar-refractivity contribution is 6.42. The maximum absolute atomic E-state index is 10.6. The van der Waals surface area contributed by atoms with Gasteiger partial charge < -0.3 is 25.0 Å². The standard InChI is InChI=1S/C21H25Cl2NO3.C2HF3O2/c1-13(2)14-6-8-15(9-7-14)27-16-10-18(24-11-16)19(25)12-26-20-5-3-4-17(22)21(20)23;3-2(4,5)1(6)7/h3-9,13,16,18-19,24-25H,10-12H2,1-2H3;(H,6,7)/t16-,18+,19?;/m1./s1. The summed E-state index contributed by atoms with van der Waals surface area (Å²) < 4.78 is 43.4. The highest BCUT2D eigenvalue weighted by Gasteiger charge is 2.38. The number of halogens is 5. The van der Waals surface area contributed by atoms with E-state index in [0.29, 0.717) is 34.7 Å². The van der Waals surface area contributed by atoms with Gasteiger partial charge in [0.25, 0.3) is 0 Å². The van der Waals surface area contributed by atoms with E-state index in [2.05, 4.69) is 31.3 Å². The second-order valence-electron chi connectivity index (χ2n) is 7.95. The van der Waals surface area contributed by atoms with Crippen LogP contribution in [0.25, 0.3) is 0 Å². The second-order valence-corrected chi connectivity index (χ2v) is 8.73. The summed E-state index contributed by atoms with van der Waals surface area (Å²) in [7, 11) is 0. The lowest BCUT2D eigenvalue weighted by Crippen LogP contribution is -2.38. The Morgan fingerprint density at radius 1 is 1.18 bits per heavy atom. The third kappa shape index (κ3) is 8.54. The van der Waals surface area contributed by atoms with Crippen LogP contribution < -0.4 is 14.8 Å². The van der Waals surface area contributed by atoms with Crippen LogP contribution in [0, 0.1) is 0 Å². The minimum atomic E-state index is -5.08. The zero-order chi connectivity index (χ0) is 25.5. The number of ether oxygens (including phenoxy) is 2. The second kappa shape index (κ2) is 12.5. The topological polar surface area (TPSA) is 88.0 Å². The van der Waals surface area contributed by atoms with Crippen LogP contribution in [0.3, 0.4) is 0 Å². The molecule has 2 aromatic rings. The van der Waals surface area contributed by atoms with Gasteiger partial charge in [-0.1, -0.05) is 55.2 Å². The number of carbonyl (C=O) groups is 1. The first-order valence-corrected chi connectivity index (χ1v) is 11.2. The van der Waals surface area contributed by atoms with Crippen LogP contribution in [-0.4, -0.2) is 53.8 Å². The zero-order valence-corrected chi connectivity index (χ0v) is 20.0. The van der Waals surface area contributed by atoms with Crippen LogP contribution in [0.1, 0.15) is 31.7 Å². The zero-order valence-electron chi connectivity index (χ0n) is 18.5. The fourth-order valence-electron chi connectivity index (χ4n) is 3.13. The monoisotopic (exact) mass is 523 g/mol. The molecule has 34 heavy (non-hydrogen) atoms. The lowest BCUT2D eigenvalue weighted by atomic mass is 10.0. The molecule has 0 spiro atoms. The molecular weight excluding hydrogens is 498 g/mol. The van der Waals surface area contributed by atoms with Crippen molar-refractivity contribution in [2.75, 3.05) is 13.2 Å². The molecule has 0 amide bonds. The molecule has 1 heterocycles. The summed E-state index contributed by atoms with van der Waals surface area (Å²) in [6.07, 6.45) is -5.03. The van der Waals surface area contributed by atoms with Crippen LogP contribution in [0.5, 0.6) is 11.5 Å². The average molecular weight is 524 g/mol. The Hall–Kier alpha value is -2.20. The van der Waals surface area contributed by atoms with Crippen molar-refractivity contribution in [3.63, 3.8) is 0 Å². The van der Waals surface area contributed by atoms with E-state index >= 15 is 0 Å². The van der Waals surface area contributed by atoms with E-state index in [1.165, 1.54) is 5.56 Å². The summed E-state index contributed by atoms with van der Waals surface area (Å²) in [5, 5.41) is 21.7. The number of aliphatic hydroxyl groups is 1. The van der Waals surface area contributed by atoms with Gasteiger partial charge >= 0.3 is 12.1 Å². The fourth-order valence-corrected chi connectivity index (χ4v) is 3.47. The molecule has 188 valence electrons. The molecule has 1 unspecified atom stereocenters. The van der Waals surface area contributed by atoms with E-state index in [4.69, 9.17) is 42.6 Å². The third-order valence-electron chi connectivity index (χ3n) is 5.01. The number of alkyl halides is 3. The summed E-state index contributed by atoms with van der Waals surface area (Å²) in [5.74, 6) is -0.935. The van der Waals surface area contributed by atoms with E-state index in [1.54, 1.807) is 18.2 Å². The molecule has 11 heteroatoms. The number of aliphatic hydroxyl groups excluding tert-OH is 1. The summed E-state index contributed by atoms with van der Waals surface area (Å²) in [6, 6.07) is 13.3. The van der Waals surface area contributed by atoms with Crippen LogP contribution in [0.4, 0.5) is 13.2 Å². The predicted octanol–water partition coefficient (Wildman–Crippen LogP) is 5.30. The van der Waals surface area contributed by atoms with Crippen molar-refractivity contribution in [3.05, 3.63) is 58.1 Å². The average Bonchev–Trinajstić information content (AvgIpc) is 3.23. The molecule has 1 fully saturated rings. The van der Waals surface area contributed by atoms with Crippen LogP contribution in [-0.2, 0) is 4.79 Å². The molecule has 0 saturated carbocycles. The van der Waals surface area contributed by atoms with Crippen molar-refractivity contribution in [3.8, 4) is 11.5 Å². The molecular formula is C23H26Cl2F3NO5. The molecule has 3 rings (SSSR count). The highest BCUT2D eigenvalue weighted by atomic mass is 35.5. The van der Waals surface area contributed by atoms with Gasteiger partial charge in [0.15, 0.2) is 0 Å². The number of carboxylic acid groups (broad SMARTS) is 1. The molecule has 6 nitrogen and oxygen atoms in total. The fraction of sp³-hybridized carbons (Fsp3) is 0.435. The number of carboxylic acids is 1. The molecule has 0 aliphatic carbocycles. The van der Waals surface area contributed by atoms with Gasteiger partial charge in [-0.2, -0.15) is 13.2 Å². The Kier molecular flexibility index (Phi) is 10.3. The van der Waals surface area contributed by atoms with Gasteiger partial charge in [-0.05, 0) is 35.7 Å². The number of benzene rings is 2. The Morgan fingerprint density at radius 3 is 2.35 bits per heavy atom. The first kappa shape index (κ1) is 28.0. The quantitative estimate of drug-likeness (QED) is 0.456. The molecule has 1 saturated heterocycles. The maximum Gasteiger partial charge on any atom is 0.490 e. The Labute approximate surface area is 205 Å². The van der Waals surface area contributed by atoms with E-state index in [1.807, 2.05) is 12.1 Å². The lowest BCUT2D eigenvalue weighted by Gasteiger charge is -2.19. The Balaban J connectivity index is 0.000000509. The smallest absolute Gasteiger partial charge is 0.489 e. The minimum Gasteiger partial charge on any atom is -0.489 e. The normalized spacial score (nSPS) is 18.7. The van der Waals surface area contributed by atoms with Gasteiger partial charge in [-0.25, -0.2) is 4.79 Å². The van der Waals surface area contributed by atoms with Gasteiger partial charge in [0.05, 0.1) is 5.02 Å². The highest BCUT2D eigenvalue weighted by Crippen LogP contribution is 2.31.